The average molecular weight is 363 g/mol. The highest BCUT2D eigenvalue weighted by atomic mass is 16.2. The van der Waals surface area contributed by atoms with Crippen molar-refractivity contribution in [1.29, 1.82) is 0 Å². The number of aryl methyl sites for hydroxylation is 2. The first kappa shape index (κ1) is 17.2. The van der Waals surface area contributed by atoms with Crippen molar-refractivity contribution in [3.05, 3.63) is 52.3 Å². The summed E-state index contributed by atoms with van der Waals surface area (Å²) in [6, 6.07) is 6.98. The van der Waals surface area contributed by atoms with Crippen LogP contribution in [-0.2, 0) is 7.05 Å². The first-order valence-corrected chi connectivity index (χ1v) is 8.92. The normalized spacial score (nSPS) is 13.7. The van der Waals surface area contributed by atoms with E-state index in [0.29, 0.717) is 33.9 Å². The summed E-state index contributed by atoms with van der Waals surface area (Å²) in [6.07, 6.45) is 2.19. The van der Waals surface area contributed by atoms with Crippen molar-refractivity contribution >= 4 is 28.5 Å². The summed E-state index contributed by atoms with van der Waals surface area (Å²) in [5, 5.41) is 8.11. The number of hydrogen-bond acceptors (Lipinski definition) is 4. The number of anilines is 1. The largest absolute Gasteiger partial charge is 0.366 e. The highest BCUT2D eigenvalue weighted by Gasteiger charge is 2.28. The molecule has 3 N–H and O–H groups in total. The van der Waals surface area contributed by atoms with Crippen LogP contribution < -0.4 is 11.1 Å². The zero-order valence-electron chi connectivity index (χ0n) is 15.5. The van der Waals surface area contributed by atoms with E-state index < -0.39 is 5.91 Å². The third kappa shape index (κ3) is 2.95. The Morgan fingerprint density at radius 2 is 1.96 bits per heavy atom. The zero-order valence-corrected chi connectivity index (χ0v) is 15.5. The van der Waals surface area contributed by atoms with Gasteiger partial charge in [0, 0.05) is 29.9 Å². The van der Waals surface area contributed by atoms with Crippen LogP contribution in [0.15, 0.2) is 24.3 Å². The van der Waals surface area contributed by atoms with Gasteiger partial charge in [-0.3, -0.25) is 14.3 Å². The molecule has 2 amide bonds. The lowest BCUT2D eigenvalue weighted by molar-refractivity contribution is 0.0995. The van der Waals surface area contributed by atoms with E-state index >= 15 is 0 Å². The predicted octanol–water partition coefficient (Wildman–Crippen LogP) is 2.81. The number of rotatable bonds is 4. The summed E-state index contributed by atoms with van der Waals surface area (Å²) in [4.78, 5) is 29.4. The number of carbonyl (C=O) groups is 2. The standard InChI is InChI=1S/C20H21N5O2/c1-10-13(18(21)26)5-4-6-15(10)23-20(27)14-9-16(12-7-8-12)22-19-17(14)11(2)24-25(19)3/h4-6,9,12H,7-8H2,1-3H3,(H2,21,26)(H,23,27). The lowest BCUT2D eigenvalue weighted by Crippen LogP contribution is -2.17. The molecule has 2 heterocycles. The van der Waals surface area contributed by atoms with Crippen LogP contribution in [0.1, 0.15) is 56.4 Å². The summed E-state index contributed by atoms with van der Waals surface area (Å²) in [5.41, 5.74) is 9.97. The lowest BCUT2D eigenvalue weighted by Gasteiger charge is -2.12. The summed E-state index contributed by atoms with van der Waals surface area (Å²) < 4.78 is 1.71. The second-order valence-corrected chi connectivity index (χ2v) is 7.07. The molecule has 0 spiro atoms. The molecule has 138 valence electrons. The molecule has 7 nitrogen and oxygen atoms in total. The average Bonchev–Trinajstić information content (AvgIpc) is 3.43. The number of aromatic nitrogens is 3. The maximum atomic E-state index is 13.1. The lowest BCUT2D eigenvalue weighted by atomic mass is 10.0. The van der Waals surface area contributed by atoms with Crippen LogP contribution in [0.4, 0.5) is 5.69 Å². The van der Waals surface area contributed by atoms with Gasteiger partial charge in [-0.15, -0.1) is 0 Å². The first-order chi connectivity index (χ1) is 12.9. The maximum Gasteiger partial charge on any atom is 0.256 e. The second-order valence-electron chi connectivity index (χ2n) is 7.07. The molecule has 27 heavy (non-hydrogen) atoms. The van der Waals surface area contributed by atoms with Crippen LogP contribution in [0, 0.1) is 13.8 Å². The van der Waals surface area contributed by atoms with Gasteiger partial charge in [0.25, 0.3) is 5.91 Å². The van der Waals surface area contributed by atoms with E-state index in [-0.39, 0.29) is 5.91 Å². The van der Waals surface area contributed by atoms with Gasteiger partial charge >= 0.3 is 0 Å². The fraction of sp³-hybridized carbons (Fsp3) is 0.300. The minimum atomic E-state index is -0.519. The summed E-state index contributed by atoms with van der Waals surface area (Å²) in [7, 11) is 1.83. The van der Waals surface area contributed by atoms with Gasteiger partial charge in [-0.25, -0.2) is 4.98 Å². The zero-order chi connectivity index (χ0) is 19.3. The summed E-state index contributed by atoms with van der Waals surface area (Å²) in [5.74, 6) is -0.352. The van der Waals surface area contributed by atoms with Crippen molar-refractivity contribution in [3.8, 4) is 0 Å². The van der Waals surface area contributed by atoms with E-state index in [9.17, 15) is 9.59 Å². The molecule has 1 aliphatic rings. The molecule has 1 aromatic carbocycles. The number of primary amides is 1. The highest BCUT2D eigenvalue weighted by molar-refractivity contribution is 6.13. The highest BCUT2D eigenvalue weighted by Crippen LogP contribution is 2.40. The molecule has 4 rings (SSSR count). The molecule has 0 saturated heterocycles. The fourth-order valence-electron chi connectivity index (χ4n) is 3.46. The van der Waals surface area contributed by atoms with Crippen LogP contribution >= 0.6 is 0 Å². The Labute approximate surface area is 156 Å². The number of nitrogens with one attached hydrogen (secondary N) is 1. The molecule has 1 aliphatic carbocycles. The predicted molar refractivity (Wildman–Crippen MR) is 103 cm³/mol. The Balaban J connectivity index is 1.79. The van der Waals surface area contributed by atoms with E-state index in [1.165, 1.54) is 0 Å². The van der Waals surface area contributed by atoms with Crippen LogP contribution in [0.5, 0.6) is 0 Å². The minimum Gasteiger partial charge on any atom is -0.366 e. The van der Waals surface area contributed by atoms with Crippen LogP contribution in [0.3, 0.4) is 0 Å². The molecule has 2 aromatic heterocycles. The van der Waals surface area contributed by atoms with Crippen molar-refractivity contribution in [2.75, 3.05) is 5.32 Å². The van der Waals surface area contributed by atoms with E-state index in [1.807, 2.05) is 20.0 Å². The van der Waals surface area contributed by atoms with Gasteiger partial charge in [-0.05, 0) is 50.5 Å². The summed E-state index contributed by atoms with van der Waals surface area (Å²) in [6.45, 7) is 3.64. The number of nitrogens with two attached hydrogens (primary N) is 1. The Morgan fingerprint density at radius 3 is 2.63 bits per heavy atom. The number of pyridine rings is 1. The Bertz CT molecular complexity index is 1100. The van der Waals surface area contributed by atoms with Crippen molar-refractivity contribution < 1.29 is 9.59 Å². The second kappa shape index (κ2) is 6.19. The van der Waals surface area contributed by atoms with E-state index in [0.717, 1.165) is 29.6 Å². The topological polar surface area (TPSA) is 103 Å². The number of amides is 2. The Hall–Kier alpha value is -3.22. The molecule has 0 aliphatic heterocycles. The Kier molecular flexibility index (Phi) is 3.95. The van der Waals surface area contributed by atoms with E-state index in [4.69, 9.17) is 10.7 Å². The quantitative estimate of drug-likeness (QED) is 0.744. The number of nitrogens with zero attached hydrogens (tertiary/aromatic N) is 3. The molecule has 0 atom stereocenters. The molecule has 0 radical (unpaired) electrons. The maximum absolute atomic E-state index is 13.1. The molecule has 1 fully saturated rings. The monoisotopic (exact) mass is 363 g/mol. The SMILES string of the molecule is Cc1c(NC(=O)c2cc(C3CC3)nc3c2c(C)nn3C)cccc1C(N)=O. The van der Waals surface area contributed by atoms with Gasteiger partial charge in [0.05, 0.1) is 16.6 Å². The number of carbonyl (C=O) groups excluding carboxylic acids is 2. The van der Waals surface area contributed by atoms with E-state index in [2.05, 4.69) is 10.4 Å². The van der Waals surface area contributed by atoms with Crippen LogP contribution in [0.2, 0.25) is 0 Å². The van der Waals surface area contributed by atoms with Gasteiger partial charge in [-0.1, -0.05) is 6.07 Å². The molecule has 0 unspecified atom stereocenters. The van der Waals surface area contributed by atoms with Crippen LogP contribution in [-0.4, -0.2) is 26.6 Å². The molecule has 3 aromatic rings. The number of hydrogen-bond donors (Lipinski definition) is 2. The van der Waals surface area contributed by atoms with Crippen molar-refractivity contribution in [3.63, 3.8) is 0 Å². The molecule has 0 bridgehead atoms. The van der Waals surface area contributed by atoms with Gasteiger partial charge in [0.15, 0.2) is 5.65 Å². The molecule has 1 saturated carbocycles. The van der Waals surface area contributed by atoms with Crippen molar-refractivity contribution in [1.82, 2.24) is 14.8 Å². The molecule has 7 heteroatoms. The van der Waals surface area contributed by atoms with Gasteiger partial charge in [-0.2, -0.15) is 5.10 Å². The number of benzene rings is 1. The van der Waals surface area contributed by atoms with Gasteiger partial charge in [0.2, 0.25) is 5.91 Å². The van der Waals surface area contributed by atoms with Gasteiger partial charge < -0.3 is 11.1 Å². The van der Waals surface area contributed by atoms with E-state index in [1.54, 1.807) is 29.8 Å². The van der Waals surface area contributed by atoms with Gasteiger partial charge in [0.1, 0.15) is 0 Å². The van der Waals surface area contributed by atoms with Crippen LogP contribution in [0.25, 0.3) is 11.0 Å². The first-order valence-electron chi connectivity index (χ1n) is 8.92. The van der Waals surface area contributed by atoms with Crippen molar-refractivity contribution in [2.45, 2.75) is 32.6 Å². The minimum absolute atomic E-state index is 0.245. The fourth-order valence-corrected chi connectivity index (χ4v) is 3.46. The number of fused-ring (bicyclic) bond motifs is 1. The Morgan fingerprint density at radius 1 is 1.22 bits per heavy atom. The summed E-state index contributed by atoms with van der Waals surface area (Å²) >= 11 is 0. The molecular weight excluding hydrogens is 342 g/mol. The third-order valence-corrected chi connectivity index (χ3v) is 5.08. The molecular formula is C20H21N5O2. The van der Waals surface area contributed by atoms with Crippen molar-refractivity contribution in [2.24, 2.45) is 12.8 Å². The smallest absolute Gasteiger partial charge is 0.256 e. The third-order valence-electron chi connectivity index (χ3n) is 5.08.